The number of carbonyl (C=O) groups excluding carboxylic acids is 1. The summed E-state index contributed by atoms with van der Waals surface area (Å²) in [6, 6.07) is 11.3. The molecule has 1 amide bonds. The molecule has 148 valence electrons. The summed E-state index contributed by atoms with van der Waals surface area (Å²) in [5.74, 6) is 0.0733. The van der Waals surface area contributed by atoms with Crippen LogP contribution in [0.5, 0.6) is 5.75 Å². The van der Waals surface area contributed by atoms with E-state index in [0.29, 0.717) is 23.0 Å². The van der Waals surface area contributed by atoms with Gasteiger partial charge in [0.25, 0.3) is 5.91 Å². The zero-order valence-corrected chi connectivity index (χ0v) is 16.6. The van der Waals surface area contributed by atoms with Gasteiger partial charge in [-0.25, -0.2) is 14.4 Å². The highest BCUT2D eigenvalue weighted by molar-refractivity contribution is 7.22. The first-order valence-corrected chi connectivity index (χ1v) is 9.94. The van der Waals surface area contributed by atoms with Gasteiger partial charge in [0.15, 0.2) is 5.13 Å². The minimum atomic E-state index is -0.377. The third-order valence-corrected chi connectivity index (χ3v) is 5.56. The predicted molar refractivity (Wildman–Crippen MR) is 111 cm³/mol. The minimum Gasteiger partial charge on any atom is -0.494 e. The van der Waals surface area contributed by atoms with E-state index in [9.17, 15) is 9.18 Å². The molecule has 0 N–H and O–H groups in total. The summed E-state index contributed by atoms with van der Waals surface area (Å²) in [5.41, 5.74) is 1.14. The molecule has 2 aromatic heterocycles. The zero-order chi connectivity index (χ0) is 20.2. The van der Waals surface area contributed by atoms with Gasteiger partial charge in [-0.3, -0.25) is 9.69 Å². The highest BCUT2D eigenvalue weighted by Gasteiger charge is 2.22. The van der Waals surface area contributed by atoms with Crippen LogP contribution >= 0.6 is 11.3 Å². The molecule has 2 aromatic carbocycles. The summed E-state index contributed by atoms with van der Waals surface area (Å²) in [6.45, 7) is 1.19. The number of aromatic nitrogens is 3. The van der Waals surface area contributed by atoms with Gasteiger partial charge in [-0.1, -0.05) is 17.4 Å². The van der Waals surface area contributed by atoms with Crippen molar-refractivity contribution < 1.29 is 13.9 Å². The molecule has 0 fully saturated rings. The standard InChI is InChI=1S/C21H19FN4O2S/c1-28-17-4-2-5-18-19(17)24-21(29-18)26(12-3-11-25-13-10-23-14-25)20(27)15-6-8-16(22)9-7-15/h2,4-10,13-14H,3,11-12H2,1H3. The number of anilines is 1. The monoisotopic (exact) mass is 410 g/mol. The fourth-order valence-electron chi connectivity index (χ4n) is 3.05. The second kappa shape index (κ2) is 8.40. The number of hydrogen-bond donors (Lipinski definition) is 0. The first kappa shape index (κ1) is 19.1. The predicted octanol–water partition coefficient (Wildman–Crippen LogP) is 4.38. The zero-order valence-electron chi connectivity index (χ0n) is 15.8. The van der Waals surface area contributed by atoms with Crippen molar-refractivity contribution in [1.29, 1.82) is 0 Å². The summed E-state index contributed by atoms with van der Waals surface area (Å²) in [6.07, 6.45) is 6.07. The quantitative estimate of drug-likeness (QED) is 0.454. The number of rotatable bonds is 7. The third-order valence-electron chi connectivity index (χ3n) is 4.52. The molecule has 29 heavy (non-hydrogen) atoms. The van der Waals surface area contributed by atoms with Crippen molar-refractivity contribution in [1.82, 2.24) is 14.5 Å². The average Bonchev–Trinajstić information content (AvgIpc) is 3.40. The summed E-state index contributed by atoms with van der Waals surface area (Å²) < 4.78 is 21.6. The summed E-state index contributed by atoms with van der Waals surface area (Å²) in [7, 11) is 1.60. The van der Waals surface area contributed by atoms with Crippen LogP contribution in [0.1, 0.15) is 16.8 Å². The molecule has 4 aromatic rings. The molecule has 0 unspecified atom stereocenters. The number of fused-ring (bicyclic) bond motifs is 1. The molecule has 6 nitrogen and oxygen atoms in total. The van der Waals surface area contributed by atoms with E-state index in [1.807, 2.05) is 29.0 Å². The number of methoxy groups -OCH3 is 1. The number of para-hydroxylation sites is 1. The van der Waals surface area contributed by atoms with E-state index < -0.39 is 0 Å². The lowest BCUT2D eigenvalue weighted by atomic mass is 10.2. The maximum Gasteiger partial charge on any atom is 0.260 e. The Bertz CT molecular complexity index is 1110. The van der Waals surface area contributed by atoms with Crippen molar-refractivity contribution in [3.8, 4) is 5.75 Å². The SMILES string of the molecule is COc1cccc2sc(N(CCCn3ccnc3)C(=O)c3ccc(F)cc3)nc12. The van der Waals surface area contributed by atoms with Gasteiger partial charge in [0.1, 0.15) is 17.1 Å². The second-order valence-electron chi connectivity index (χ2n) is 6.42. The van der Waals surface area contributed by atoms with Gasteiger partial charge < -0.3 is 9.30 Å². The smallest absolute Gasteiger partial charge is 0.260 e. The Morgan fingerprint density at radius 3 is 2.79 bits per heavy atom. The molecule has 0 aliphatic rings. The molecule has 0 bridgehead atoms. The Kier molecular flexibility index (Phi) is 5.53. The number of amides is 1. The van der Waals surface area contributed by atoms with Crippen molar-refractivity contribution in [3.63, 3.8) is 0 Å². The van der Waals surface area contributed by atoms with Crippen molar-refractivity contribution in [3.05, 3.63) is 72.6 Å². The lowest BCUT2D eigenvalue weighted by Crippen LogP contribution is -2.32. The average molecular weight is 410 g/mol. The van der Waals surface area contributed by atoms with Crippen LogP contribution in [0, 0.1) is 5.82 Å². The molecule has 0 spiro atoms. The molecule has 2 heterocycles. The lowest BCUT2D eigenvalue weighted by molar-refractivity contribution is 0.0986. The fraction of sp³-hybridized carbons (Fsp3) is 0.190. The highest BCUT2D eigenvalue weighted by Crippen LogP contribution is 2.34. The van der Waals surface area contributed by atoms with Gasteiger partial charge in [-0.2, -0.15) is 0 Å². The van der Waals surface area contributed by atoms with E-state index in [0.717, 1.165) is 23.2 Å². The molecule has 0 saturated carbocycles. The normalized spacial score (nSPS) is 11.0. The van der Waals surface area contributed by atoms with E-state index >= 15 is 0 Å². The first-order valence-electron chi connectivity index (χ1n) is 9.12. The van der Waals surface area contributed by atoms with E-state index in [1.165, 1.54) is 35.6 Å². The number of ether oxygens (including phenoxy) is 1. The van der Waals surface area contributed by atoms with Crippen LogP contribution in [0.15, 0.2) is 61.2 Å². The maximum absolute atomic E-state index is 13.3. The third kappa shape index (κ3) is 4.12. The maximum atomic E-state index is 13.3. The fourth-order valence-corrected chi connectivity index (χ4v) is 4.06. The Balaban J connectivity index is 1.65. The second-order valence-corrected chi connectivity index (χ2v) is 7.43. The van der Waals surface area contributed by atoms with Crippen molar-refractivity contribution in [2.45, 2.75) is 13.0 Å². The van der Waals surface area contributed by atoms with Crippen molar-refractivity contribution in [2.75, 3.05) is 18.6 Å². The van der Waals surface area contributed by atoms with Gasteiger partial charge in [-0.15, -0.1) is 0 Å². The van der Waals surface area contributed by atoms with E-state index in [4.69, 9.17) is 4.74 Å². The first-order chi connectivity index (χ1) is 14.2. The van der Waals surface area contributed by atoms with Crippen molar-refractivity contribution in [2.24, 2.45) is 0 Å². The van der Waals surface area contributed by atoms with E-state index in [-0.39, 0.29) is 11.7 Å². The van der Waals surface area contributed by atoms with Crippen LogP contribution in [0.25, 0.3) is 10.2 Å². The number of nitrogens with zero attached hydrogens (tertiary/aromatic N) is 4. The van der Waals surface area contributed by atoms with Crippen LogP contribution in [-0.4, -0.2) is 34.1 Å². The Morgan fingerprint density at radius 1 is 1.24 bits per heavy atom. The Morgan fingerprint density at radius 2 is 2.07 bits per heavy atom. The van der Waals surface area contributed by atoms with Crippen LogP contribution in [0.3, 0.4) is 0 Å². The molecular formula is C21H19FN4O2S. The molecule has 8 heteroatoms. The number of carbonyl (C=O) groups is 1. The van der Waals surface area contributed by atoms with Crippen LogP contribution in [-0.2, 0) is 6.54 Å². The van der Waals surface area contributed by atoms with Crippen LogP contribution in [0.4, 0.5) is 9.52 Å². The van der Waals surface area contributed by atoms with Crippen molar-refractivity contribution >= 4 is 32.6 Å². The largest absolute Gasteiger partial charge is 0.494 e. The van der Waals surface area contributed by atoms with E-state index in [2.05, 4.69) is 9.97 Å². The Labute approximate surface area is 171 Å². The molecule has 0 radical (unpaired) electrons. The molecular weight excluding hydrogens is 391 g/mol. The molecule has 0 atom stereocenters. The summed E-state index contributed by atoms with van der Waals surface area (Å²) in [5, 5.41) is 0.587. The topological polar surface area (TPSA) is 60.2 Å². The molecule has 0 aliphatic carbocycles. The summed E-state index contributed by atoms with van der Waals surface area (Å²) >= 11 is 1.43. The number of thiazole rings is 1. The molecule has 4 rings (SSSR count). The number of aryl methyl sites for hydroxylation is 1. The van der Waals surface area contributed by atoms with Gasteiger partial charge in [0.2, 0.25) is 0 Å². The van der Waals surface area contributed by atoms with Gasteiger partial charge >= 0.3 is 0 Å². The summed E-state index contributed by atoms with van der Waals surface area (Å²) in [4.78, 5) is 23.6. The lowest BCUT2D eigenvalue weighted by Gasteiger charge is -2.20. The van der Waals surface area contributed by atoms with Gasteiger partial charge in [0, 0.05) is 31.0 Å². The van der Waals surface area contributed by atoms with E-state index in [1.54, 1.807) is 24.5 Å². The number of imidazole rings is 1. The van der Waals surface area contributed by atoms with Crippen LogP contribution in [0.2, 0.25) is 0 Å². The molecule has 0 aliphatic heterocycles. The van der Waals surface area contributed by atoms with Gasteiger partial charge in [0.05, 0.1) is 18.1 Å². The highest BCUT2D eigenvalue weighted by atomic mass is 32.1. The van der Waals surface area contributed by atoms with Crippen LogP contribution < -0.4 is 9.64 Å². The number of benzene rings is 2. The minimum absolute atomic E-state index is 0.214. The number of halogens is 1. The van der Waals surface area contributed by atoms with Gasteiger partial charge in [-0.05, 0) is 42.8 Å². The molecule has 0 saturated heterocycles. The Hall–Kier alpha value is -3.26. The number of hydrogen-bond acceptors (Lipinski definition) is 5.